The molecular weight excluding hydrogens is 400 g/mol. The summed E-state index contributed by atoms with van der Waals surface area (Å²) in [6.07, 6.45) is 0. The molecule has 0 atom stereocenters. The lowest BCUT2D eigenvalue weighted by Gasteiger charge is -2.34. The number of nitrogens with zero attached hydrogens (tertiary/aromatic N) is 3. The Labute approximate surface area is 179 Å². The van der Waals surface area contributed by atoms with E-state index in [0.717, 1.165) is 41.6 Å². The van der Waals surface area contributed by atoms with Crippen molar-refractivity contribution in [1.82, 2.24) is 14.5 Å². The van der Waals surface area contributed by atoms with Crippen LogP contribution < -0.4 is 10.2 Å². The van der Waals surface area contributed by atoms with Crippen LogP contribution in [0.1, 0.15) is 11.1 Å². The molecule has 2 aromatic carbocycles. The van der Waals surface area contributed by atoms with Gasteiger partial charge >= 0.3 is 0 Å². The van der Waals surface area contributed by atoms with Gasteiger partial charge in [-0.3, -0.25) is 4.79 Å². The van der Waals surface area contributed by atoms with Crippen molar-refractivity contribution in [3.05, 3.63) is 59.7 Å². The Morgan fingerprint density at radius 2 is 1.60 bits per heavy atom. The molecule has 1 saturated heterocycles. The molecule has 2 aromatic rings. The number of piperazine rings is 1. The van der Waals surface area contributed by atoms with E-state index in [2.05, 4.69) is 34.3 Å². The van der Waals surface area contributed by atoms with Crippen LogP contribution in [0, 0.1) is 6.92 Å². The molecule has 0 unspecified atom stereocenters. The largest absolute Gasteiger partial charge is 0.369 e. The standard InChI is InChI=1S/C22H30N4O3S/c1-18-4-10-21(11-5-18)30(28,29)25(3)17-22(27)23-16-19-6-8-20(9-7-19)26-14-12-24(2)13-15-26/h4-11H,12-17H2,1-3H3,(H,23,27). The zero-order chi connectivity index (χ0) is 21.7. The summed E-state index contributed by atoms with van der Waals surface area (Å²) in [6.45, 7) is 6.15. The maximum absolute atomic E-state index is 12.6. The lowest BCUT2D eigenvalue weighted by Crippen LogP contribution is -2.44. The number of nitrogens with one attached hydrogen (secondary N) is 1. The van der Waals surface area contributed by atoms with Crippen LogP contribution >= 0.6 is 0 Å². The van der Waals surface area contributed by atoms with E-state index in [1.165, 1.54) is 12.7 Å². The summed E-state index contributed by atoms with van der Waals surface area (Å²) in [6, 6.07) is 14.7. The Bertz CT molecular complexity index is 951. The molecule has 0 saturated carbocycles. The van der Waals surface area contributed by atoms with Crippen molar-refractivity contribution in [3.8, 4) is 0 Å². The first kappa shape index (κ1) is 22.3. The SMILES string of the molecule is Cc1ccc(S(=O)(=O)N(C)CC(=O)NCc2ccc(N3CCN(C)CC3)cc2)cc1. The van der Waals surface area contributed by atoms with E-state index < -0.39 is 10.0 Å². The second-order valence-corrected chi connectivity index (χ2v) is 9.85. The van der Waals surface area contributed by atoms with E-state index in [9.17, 15) is 13.2 Å². The zero-order valence-corrected chi connectivity index (χ0v) is 18.7. The van der Waals surface area contributed by atoms with Gasteiger partial charge in [0.1, 0.15) is 0 Å². The number of rotatable bonds is 7. The summed E-state index contributed by atoms with van der Waals surface area (Å²) in [5.41, 5.74) is 3.14. The fraction of sp³-hybridized carbons (Fsp3) is 0.409. The van der Waals surface area contributed by atoms with Gasteiger partial charge in [0.15, 0.2) is 0 Å². The molecule has 1 aliphatic heterocycles. The van der Waals surface area contributed by atoms with Crippen molar-refractivity contribution in [2.45, 2.75) is 18.4 Å². The van der Waals surface area contributed by atoms with Crippen molar-refractivity contribution in [3.63, 3.8) is 0 Å². The summed E-state index contributed by atoms with van der Waals surface area (Å²) in [5.74, 6) is -0.337. The van der Waals surface area contributed by atoms with E-state index in [1.54, 1.807) is 24.3 Å². The molecule has 0 spiro atoms. The van der Waals surface area contributed by atoms with E-state index in [4.69, 9.17) is 0 Å². The number of benzene rings is 2. The van der Waals surface area contributed by atoms with Crippen molar-refractivity contribution < 1.29 is 13.2 Å². The number of carbonyl (C=O) groups is 1. The van der Waals surface area contributed by atoms with Gasteiger partial charge in [-0.15, -0.1) is 0 Å². The van der Waals surface area contributed by atoms with E-state index in [1.807, 2.05) is 19.1 Å². The molecule has 30 heavy (non-hydrogen) atoms. The molecule has 1 fully saturated rings. The van der Waals surface area contributed by atoms with Gasteiger partial charge < -0.3 is 15.1 Å². The highest BCUT2D eigenvalue weighted by atomic mass is 32.2. The number of hydrogen-bond donors (Lipinski definition) is 1. The molecule has 1 amide bonds. The first-order chi connectivity index (χ1) is 14.3. The molecule has 0 radical (unpaired) electrons. The summed E-state index contributed by atoms with van der Waals surface area (Å²) in [7, 11) is -0.144. The van der Waals surface area contributed by atoms with Gasteiger partial charge in [0.2, 0.25) is 15.9 Å². The number of carbonyl (C=O) groups excluding carboxylic acids is 1. The first-order valence-electron chi connectivity index (χ1n) is 10.1. The molecule has 0 aliphatic carbocycles. The van der Waals surface area contributed by atoms with Gasteiger partial charge in [0.05, 0.1) is 11.4 Å². The van der Waals surface area contributed by atoms with Gasteiger partial charge in [-0.1, -0.05) is 29.8 Å². The molecule has 1 aliphatic rings. The van der Waals surface area contributed by atoms with Gasteiger partial charge in [-0.2, -0.15) is 4.31 Å². The number of amides is 1. The van der Waals surface area contributed by atoms with Crippen LogP contribution in [0.3, 0.4) is 0 Å². The normalized spacial score (nSPS) is 15.4. The molecule has 1 heterocycles. The van der Waals surface area contributed by atoms with Crippen molar-refractivity contribution >= 4 is 21.6 Å². The Hall–Kier alpha value is -2.42. The average molecular weight is 431 g/mol. The molecular formula is C22H30N4O3S. The molecule has 0 aromatic heterocycles. The molecule has 162 valence electrons. The fourth-order valence-electron chi connectivity index (χ4n) is 3.32. The average Bonchev–Trinajstić information content (AvgIpc) is 2.73. The number of anilines is 1. The summed E-state index contributed by atoms with van der Waals surface area (Å²) >= 11 is 0. The maximum atomic E-state index is 12.6. The molecule has 3 rings (SSSR count). The summed E-state index contributed by atoms with van der Waals surface area (Å²) in [4.78, 5) is 17.1. The highest BCUT2D eigenvalue weighted by molar-refractivity contribution is 7.89. The molecule has 8 heteroatoms. The van der Waals surface area contributed by atoms with Crippen molar-refractivity contribution in [1.29, 1.82) is 0 Å². The first-order valence-corrected chi connectivity index (χ1v) is 11.5. The highest BCUT2D eigenvalue weighted by Crippen LogP contribution is 2.17. The Balaban J connectivity index is 1.51. The Kier molecular flexibility index (Phi) is 7.12. The van der Waals surface area contributed by atoms with Crippen molar-refractivity contribution in [2.75, 3.05) is 51.7 Å². The molecule has 1 N–H and O–H groups in total. The lowest BCUT2D eigenvalue weighted by molar-refractivity contribution is -0.121. The van der Waals surface area contributed by atoms with Gasteiger partial charge in [-0.25, -0.2) is 8.42 Å². The van der Waals surface area contributed by atoms with Crippen molar-refractivity contribution in [2.24, 2.45) is 0 Å². The molecule has 0 bridgehead atoms. The Morgan fingerprint density at radius 1 is 1.00 bits per heavy atom. The number of sulfonamides is 1. The van der Waals surface area contributed by atoms with Crippen LogP contribution in [0.5, 0.6) is 0 Å². The minimum atomic E-state index is -3.69. The fourth-order valence-corrected chi connectivity index (χ4v) is 4.45. The number of aryl methyl sites for hydroxylation is 1. The van der Waals surface area contributed by atoms with Gasteiger partial charge in [0.25, 0.3) is 0 Å². The lowest BCUT2D eigenvalue weighted by atomic mass is 10.2. The summed E-state index contributed by atoms with van der Waals surface area (Å²) < 4.78 is 26.3. The smallest absolute Gasteiger partial charge is 0.243 e. The maximum Gasteiger partial charge on any atom is 0.243 e. The van der Waals surface area contributed by atoms with Gasteiger partial charge in [-0.05, 0) is 43.8 Å². The topological polar surface area (TPSA) is 73.0 Å². The predicted octanol–water partition coefficient (Wildman–Crippen LogP) is 1.68. The molecule has 7 nitrogen and oxygen atoms in total. The van der Waals surface area contributed by atoms with Crippen LogP contribution in [-0.4, -0.2) is 70.3 Å². The minimum absolute atomic E-state index is 0.183. The predicted molar refractivity (Wildman–Crippen MR) is 119 cm³/mol. The van der Waals surface area contributed by atoms with Gasteiger partial charge in [0, 0.05) is 45.5 Å². The Morgan fingerprint density at radius 3 is 2.20 bits per heavy atom. The van der Waals surface area contributed by atoms with E-state index in [0.29, 0.717) is 6.54 Å². The van der Waals surface area contributed by atoms with E-state index >= 15 is 0 Å². The second-order valence-electron chi connectivity index (χ2n) is 7.81. The second kappa shape index (κ2) is 9.59. The van der Waals surface area contributed by atoms with Crippen LogP contribution in [-0.2, 0) is 21.4 Å². The quantitative estimate of drug-likeness (QED) is 0.724. The third-order valence-corrected chi connectivity index (χ3v) is 7.21. The van der Waals surface area contributed by atoms with Crippen LogP contribution in [0.2, 0.25) is 0 Å². The zero-order valence-electron chi connectivity index (χ0n) is 17.8. The van der Waals surface area contributed by atoms with Crippen LogP contribution in [0.25, 0.3) is 0 Å². The van der Waals surface area contributed by atoms with E-state index in [-0.39, 0.29) is 17.3 Å². The number of likely N-dealkylation sites (N-methyl/N-ethyl adjacent to an activating group) is 2. The summed E-state index contributed by atoms with van der Waals surface area (Å²) in [5, 5.41) is 2.80. The minimum Gasteiger partial charge on any atom is -0.369 e. The van der Waals surface area contributed by atoms with Crippen LogP contribution in [0.15, 0.2) is 53.4 Å². The van der Waals surface area contributed by atoms with Crippen LogP contribution in [0.4, 0.5) is 5.69 Å². The highest BCUT2D eigenvalue weighted by Gasteiger charge is 2.22. The third-order valence-electron chi connectivity index (χ3n) is 5.39. The monoisotopic (exact) mass is 430 g/mol. The number of hydrogen-bond acceptors (Lipinski definition) is 5. The third kappa shape index (κ3) is 5.59.